The molecule has 3 unspecified atom stereocenters. The van der Waals surface area contributed by atoms with Crippen LogP contribution < -0.4 is 5.32 Å². The molecular formula is C10H21NS. The second kappa shape index (κ2) is 3.59. The topological polar surface area (TPSA) is 12.0 Å². The van der Waals surface area contributed by atoms with Crippen molar-refractivity contribution in [2.75, 3.05) is 0 Å². The molecule has 1 fully saturated rings. The summed E-state index contributed by atoms with van der Waals surface area (Å²) in [4.78, 5) is 0.326. The minimum absolute atomic E-state index is 0.326. The molecule has 12 heavy (non-hydrogen) atoms. The van der Waals surface area contributed by atoms with Crippen molar-refractivity contribution in [2.45, 2.75) is 57.2 Å². The maximum absolute atomic E-state index is 3.67. The zero-order valence-corrected chi connectivity index (χ0v) is 9.66. The second-order valence-corrected chi connectivity index (χ2v) is 6.47. The third-order valence-electron chi connectivity index (χ3n) is 2.48. The molecule has 1 nitrogen and oxygen atoms in total. The Hall–Kier alpha value is 0.310. The molecule has 1 aliphatic heterocycles. The molecule has 1 saturated heterocycles. The summed E-state index contributed by atoms with van der Waals surface area (Å²) in [6.45, 7) is 11.5. The highest BCUT2D eigenvalue weighted by Gasteiger charge is 2.37. The molecule has 0 aromatic heterocycles. The number of rotatable bonds is 2. The lowest BCUT2D eigenvalue weighted by Crippen LogP contribution is -2.39. The van der Waals surface area contributed by atoms with E-state index < -0.39 is 0 Å². The van der Waals surface area contributed by atoms with Gasteiger partial charge in [0.05, 0.1) is 4.87 Å². The van der Waals surface area contributed by atoms with Crippen LogP contribution >= 0.6 is 11.8 Å². The van der Waals surface area contributed by atoms with Crippen LogP contribution in [0, 0.1) is 5.92 Å². The zero-order chi connectivity index (χ0) is 9.35. The zero-order valence-electron chi connectivity index (χ0n) is 8.85. The van der Waals surface area contributed by atoms with Crippen LogP contribution in [0.3, 0.4) is 0 Å². The minimum Gasteiger partial charge on any atom is -0.299 e. The fraction of sp³-hybridized carbons (Fsp3) is 1.00. The Kier molecular flexibility index (Phi) is 3.11. The maximum atomic E-state index is 3.67. The van der Waals surface area contributed by atoms with Gasteiger partial charge in [0.15, 0.2) is 0 Å². The van der Waals surface area contributed by atoms with Gasteiger partial charge < -0.3 is 0 Å². The fourth-order valence-corrected chi connectivity index (χ4v) is 3.81. The van der Waals surface area contributed by atoms with Gasteiger partial charge in [-0.2, -0.15) is 0 Å². The van der Waals surface area contributed by atoms with E-state index in [0.717, 1.165) is 11.2 Å². The number of nitrogens with one attached hydrogen (secondary N) is 1. The number of hydrogen-bond donors (Lipinski definition) is 1. The molecule has 0 aliphatic carbocycles. The Morgan fingerprint density at radius 2 is 2.00 bits per heavy atom. The lowest BCUT2D eigenvalue weighted by atomic mass is 10.0. The molecule has 0 amide bonds. The van der Waals surface area contributed by atoms with E-state index in [4.69, 9.17) is 0 Å². The van der Waals surface area contributed by atoms with E-state index in [1.54, 1.807) is 0 Å². The van der Waals surface area contributed by atoms with Gasteiger partial charge >= 0.3 is 0 Å². The van der Waals surface area contributed by atoms with Gasteiger partial charge in [0, 0.05) is 11.3 Å². The van der Waals surface area contributed by atoms with Crippen molar-refractivity contribution in [3.05, 3.63) is 0 Å². The minimum atomic E-state index is 0.326. The Morgan fingerprint density at radius 3 is 2.33 bits per heavy atom. The van der Waals surface area contributed by atoms with Crippen LogP contribution in [0.25, 0.3) is 0 Å². The van der Waals surface area contributed by atoms with Gasteiger partial charge in [-0.05, 0) is 26.2 Å². The van der Waals surface area contributed by atoms with Crippen molar-refractivity contribution < 1.29 is 0 Å². The van der Waals surface area contributed by atoms with Gasteiger partial charge in [-0.3, -0.25) is 5.32 Å². The third kappa shape index (κ3) is 2.40. The smallest absolute Gasteiger partial charge is 0.0624 e. The lowest BCUT2D eigenvalue weighted by Gasteiger charge is -2.26. The SMILES string of the molecule is CC(C)CC1(C)NC(C)C(C)S1. The Bertz CT molecular complexity index is 140. The van der Waals surface area contributed by atoms with Gasteiger partial charge in [0.1, 0.15) is 0 Å². The molecule has 1 rings (SSSR count). The summed E-state index contributed by atoms with van der Waals surface area (Å²) in [7, 11) is 0. The van der Waals surface area contributed by atoms with E-state index in [1.807, 2.05) is 0 Å². The molecule has 0 saturated carbocycles. The molecule has 0 aromatic carbocycles. The first kappa shape index (κ1) is 10.4. The third-order valence-corrected chi connectivity index (χ3v) is 4.07. The number of hydrogen-bond acceptors (Lipinski definition) is 2. The highest BCUT2D eigenvalue weighted by molar-refractivity contribution is 8.01. The van der Waals surface area contributed by atoms with Gasteiger partial charge in [0.25, 0.3) is 0 Å². The average Bonchev–Trinajstić information content (AvgIpc) is 2.04. The van der Waals surface area contributed by atoms with Crippen LogP contribution in [0.4, 0.5) is 0 Å². The summed E-state index contributed by atoms with van der Waals surface area (Å²) in [6.07, 6.45) is 1.27. The fourth-order valence-electron chi connectivity index (χ4n) is 2.03. The first-order valence-electron chi connectivity index (χ1n) is 4.88. The quantitative estimate of drug-likeness (QED) is 0.713. The van der Waals surface area contributed by atoms with Crippen LogP contribution in [0.2, 0.25) is 0 Å². The summed E-state index contributed by atoms with van der Waals surface area (Å²) in [5.41, 5.74) is 0. The van der Waals surface area contributed by atoms with E-state index in [0.29, 0.717) is 10.9 Å². The molecule has 1 N–H and O–H groups in total. The Labute approximate surface area is 80.7 Å². The molecule has 3 atom stereocenters. The largest absolute Gasteiger partial charge is 0.299 e. The molecule has 0 bridgehead atoms. The summed E-state index contributed by atoms with van der Waals surface area (Å²) in [5, 5.41) is 4.43. The van der Waals surface area contributed by atoms with Crippen molar-refractivity contribution in [3.63, 3.8) is 0 Å². The van der Waals surface area contributed by atoms with Crippen molar-refractivity contribution >= 4 is 11.8 Å². The maximum Gasteiger partial charge on any atom is 0.0624 e. The van der Waals surface area contributed by atoms with Gasteiger partial charge in [-0.25, -0.2) is 0 Å². The predicted octanol–water partition coefficient (Wildman–Crippen LogP) is 2.86. The summed E-state index contributed by atoms with van der Waals surface area (Å²) >= 11 is 2.09. The van der Waals surface area contributed by atoms with Crippen LogP contribution in [0.15, 0.2) is 0 Å². The van der Waals surface area contributed by atoms with Gasteiger partial charge in [-0.15, -0.1) is 11.8 Å². The first-order valence-corrected chi connectivity index (χ1v) is 5.76. The molecule has 0 aromatic rings. The van der Waals surface area contributed by atoms with Crippen molar-refractivity contribution in [1.82, 2.24) is 5.32 Å². The van der Waals surface area contributed by atoms with E-state index in [2.05, 4.69) is 51.7 Å². The summed E-state index contributed by atoms with van der Waals surface area (Å²) in [5.74, 6) is 0.785. The van der Waals surface area contributed by atoms with Crippen LogP contribution in [-0.2, 0) is 0 Å². The summed E-state index contributed by atoms with van der Waals surface area (Å²) < 4.78 is 0. The molecule has 2 heteroatoms. The molecular weight excluding hydrogens is 166 g/mol. The Balaban J connectivity index is 2.51. The van der Waals surface area contributed by atoms with E-state index in [1.165, 1.54) is 6.42 Å². The highest BCUT2D eigenvalue weighted by Crippen LogP contribution is 2.39. The van der Waals surface area contributed by atoms with Crippen molar-refractivity contribution in [3.8, 4) is 0 Å². The summed E-state index contributed by atoms with van der Waals surface area (Å²) in [6, 6.07) is 0.666. The van der Waals surface area contributed by atoms with Crippen molar-refractivity contribution in [1.29, 1.82) is 0 Å². The molecule has 1 heterocycles. The predicted molar refractivity (Wildman–Crippen MR) is 57.5 cm³/mol. The standard InChI is InChI=1S/C10H21NS/c1-7(2)6-10(5)11-8(3)9(4)12-10/h7-9,11H,6H2,1-5H3. The molecule has 0 radical (unpaired) electrons. The van der Waals surface area contributed by atoms with E-state index in [-0.39, 0.29) is 0 Å². The first-order chi connectivity index (χ1) is 5.43. The second-order valence-electron chi connectivity index (χ2n) is 4.58. The molecule has 0 spiro atoms. The van der Waals surface area contributed by atoms with Gasteiger partial charge in [-0.1, -0.05) is 20.8 Å². The van der Waals surface area contributed by atoms with Gasteiger partial charge in [0.2, 0.25) is 0 Å². The highest BCUT2D eigenvalue weighted by atomic mass is 32.2. The van der Waals surface area contributed by atoms with Crippen LogP contribution in [-0.4, -0.2) is 16.2 Å². The average molecular weight is 187 g/mol. The lowest BCUT2D eigenvalue weighted by molar-refractivity contribution is 0.393. The van der Waals surface area contributed by atoms with E-state index in [9.17, 15) is 0 Å². The molecule has 72 valence electrons. The normalized spacial score (nSPS) is 42.5. The Morgan fingerprint density at radius 1 is 1.42 bits per heavy atom. The van der Waals surface area contributed by atoms with Crippen molar-refractivity contribution in [2.24, 2.45) is 5.92 Å². The number of thioether (sulfide) groups is 1. The van der Waals surface area contributed by atoms with Crippen LogP contribution in [0.1, 0.15) is 41.0 Å². The monoisotopic (exact) mass is 187 g/mol. The molecule has 1 aliphatic rings. The van der Waals surface area contributed by atoms with E-state index >= 15 is 0 Å². The van der Waals surface area contributed by atoms with Crippen LogP contribution in [0.5, 0.6) is 0 Å².